The molecule has 0 heteroatoms. The summed E-state index contributed by atoms with van der Waals surface area (Å²) in [6.07, 6.45) is 0. The molecule has 0 saturated heterocycles. The lowest BCUT2D eigenvalue weighted by Gasteiger charge is -1.41. The van der Waals surface area contributed by atoms with E-state index in [0.717, 1.165) is 0 Å². The molecule has 102 heavy (non-hydrogen) atoms. The summed E-state index contributed by atoms with van der Waals surface area (Å²) in [5, 5.41) is 0. The monoisotopic (exact) mass is 1230 g/mol. The molecule has 0 aliphatic rings. The molecule has 0 heterocycles. The van der Waals surface area contributed by atoms with E-state index in [-0.39, 0.29) is 0 Å². The maximum absolute atomic E-state index is 3.32. The maximum atomic E-state index is 3.32. The Morgan fingerprint density at radius 1 is 0.0490 bits per heavy atom. The lowest BCUT2D eigenvalue weighted by atomic mass is 10.6. The minimum atomic E-state index is 2.37. The largest absolute Gasteiger partial charge is 0.0687 e. The number of hydrogen-bond donors (Lipinski definition) is 0. The topological polar surface area (TPSA) is 0 Å². The summed E-state index contributed by atoms with van der Waals surface area (Å²) in [4.78, 5) is 0. The zero-order valence-electron chi connectivity index (χ0n) is 51.4. The molecule has 0 atom stereocenters. The molecular formula is C102H4. The standard InChI is InChI=1S/C102H4/c1-3-5-7-9-11-13-15-17-19-21-23-25-27-29-31-33-35-37-39-41-43-45-47-49-51-53-55-57-59-61-63-65-67-69-71-73-75-77-79-81-83-85-87-89-91-93-95-97-99-101-102-100-98-96-94-92-90-88-86-84-82-80-78-76-74-72-70-68-66-64-62-60-58-56-54-52-50-48-46-44-42-40-38-36-34-32-30-28-26-24-22-20-18-16-14-12-10-8-6-4-2/h1-2H2. The van der Waals surface area contributed by atoms with E-state index in [2.05, 4.69) is 586 Å². The van der Waals surface area contributed by atoms with Crippen molar-refractivity contribution >= 4 is 0 Å². The highest BCUT2D eigenvalue weighted by Crippen LogP contribution is 1.66. The Morgan fingerprint density at radius 3 is 0.108 bits per heavy atom. The molecule has 0 radical (unpaired) electrons. The van der Waals surface area contributed by atoms with E-state index < -0.39 is 0 Å². The first-order chi connectivity index (χ1) is 50.9. The first-order valence-electron chi connectivity index (χ1n) is 25.5. The first-order valence-corrected chi connectivity index (χ1v) is 25.5. The van der Waals surface area contributed by atoms with Crippen LogP contribution >= 0.6 is 0 Å². The molecule has 0 aromatic carbocycles. The average molecular weight is 1230 g/mol. The highest BCUT2D eigenvalue weighted by molar-refractivity contribution is 5.02. The summed E-state index contributed by atoms with van der Waals surface area (Å²) in [6, 6.07) is 0. The molecule has 0 N–H and O–H groups in total. The lowest BCUT2D eigenvalue weighted by molar-refractivity contribution is 2.10. The van der Waals surface area contributed by atoms with Crippen LogP contribution in [0.5, 0.6) is 0 Å². The maximum Gasteiger partial charge on any atom is 0 e. The Labute approximate surface area is 582 Å². The normalized spacial score (nSPS) is 3.96. The van der Waals surface area contributed by atoms with Gasteiger partial charge in [0.15, 0.2) is 0 Å². The number of rotatable bonds is 0. The third kappa shape index (κ3) is 77.7. The van der Waals surface area contributed by atoms with E-state index in [9.17, 15) is 0 Å². The summed E-state index contributed by atoms with van der Waals surface area (Å²) >= 11 is 0. The summed E-state index contributed by atoms with van der Waals surface area (Å²) < 4.78 is 0. The van der Waals surface area contributed by atoms with Crippen LogP contribution in [-0.4, -0.2) is 0 Å². The fourth-order valence-corrected chi connectivity index (χ4v) is 3.09. The van der Waals surface area contributed by atoms with E-state index in [1.165, 1.54) is 0 Å². The van der Waals surface area contributed by atoms with Gasteiger partial charge in [-0.1, -0.05) is 11.5 Å². The Bertz CT molecular complexity index is 7680. The van der Waals surface area contributed by atoms with Crippen LogP contribution in [0.25, 0.3) is 0 Å². The van der Waals surface area contributed by atoms with Crippen LogP contribution in [0.2, 0.25) is 0 Å². The van der Waals surface area contributed by atoms with Crippen molar-refractivity contribution in [2.24, 2.45) is 0 Å². The molecular weight excluding hydrogens is 1230 g/mol. The van der Waals surface area contributed by atoms with Crippen molar-refractivity contribution in [3.8, 4) is 0 Å². The van der Waals surface area contributed by atoms with Crippen LogP contribution in [-0.2, 0) is 0 Å². The third-order valence-corrected chi connectivity index (χ3v) is 6.24. The van der Waals surface area contributed by atoms with Gasteiger partial charge >= 0.3 is 0 Å². The molecule has 0 amide bonds. The molecule has 0 bridgehead atoms. The van der Waals surface area contributed by atoms with Crippen molar-refractivity contribution in [1.29, 1.82) is 0 Å². The predicted molar refractivity (Wildman–Crippen MR) is 363 cm³/mol. The Morgan fingerprint density at radius 2 is 0.0784 bits per heavy atom. The van der Waals surface area contributed by atoms with Gasteiger partial charge in [-0.25, -0.2) is 0 Å². The Hall–Kier alpha value is -22.3. The van der Waals surface area contributed by atoms with Gasteiger partial charge in [-0.2, -0.15) is 0 Å². The van der Waals surface area contributed by atoms with Crippen LogP contribution < -0.4 is 0 Å². The van der Waals surface area contributed by atoms with E-state index >= 15 is 0 Å². The van der Waals surface area contributed by atoms with Crippen molar-refractivity contribution in [1.82, 2.24) is 0 Å². The SMILES string of the molecule is C=C=C=C=C=C=C=C=C=C=C=C=C=C=C=C=C=C=C=C=C=C=C=C=C=C=C=C=C=C=C=C=C=C=C=C=C=C=C=C=C=C=C=C=C=C=C=C=C=C=C=C=C=C=C=C=C=C=C=C=C=C=C=C=C=C=C=C=C=C=C=C=C=C=C=C=C=C=C=C=C=C=C=C=C=C=C=C=C=C=C=C=C=C=C=C=C=C=C=C=C=C. The van der Waals surface area contributed by atoms with Crippen LogP contribution in [0.1, 0.15) is 0 Å². The quantitative estimate of drug-likeness (QED) is 0.212. The molecule has 0 aliphatic carbocycles. The van der Waals surface area contributed by atoms with Crippen molar-refractivity contribution < 1.29 is 0 Å². The van der Waals surface area contributed by atoms with Gasteiger partial charge in [0.05, 0.1) is 0 Å². The molecule has 0 rings (SSSR count). The van der Waals surface area contributed by atoms with Gasteiger partial charge in [0.1, 0.15) is 0 Å². The molecule has 0 fully saturated rings. The average Bonchev–Trinajstić information content (AvgIpc) is 3.74. The van der Waals surface area contributed by atoms with Crippen LogP contribution in [0, 0.1) is 0 Å². The minimum absolute atomic E-state index is 2.37. The number of hydrogen-bond acceptors (Lipinski definition) is 0. The minimum Gasteiger partial charge on any atom is -0.0687 e. The van der Waals surface area contributed by atoms with E-state index in [1.54, 1.807) is 0 Å². The van der Waals surface area contributed by atoms with Gasteiger partial charge in [-0.3, -0.25) is 0 Å². The Kier molecular flexibility index (Phi) is 61.6. The van der Waals surface area contributed by atoms with Crippen LogP contribution in [0.4, 0.5) is 0 Å². The van der Waals surface area contributed by atoms with Crippen LogP contribution in [0.15, 0.2) is 586 Å². The molecule has 412 valence electrons. The second-order valence-electron chi connectivity index (χ2n) is 12.6. The zero-order valence-corrected chi connectivity index (χ0v) is 51.4. The van der Waals surface area contributed by atoms with Gasteiger partial charge in [0.25, 0.3) is 0 Å². The molecule has 0 nitrogen and oxygen atoms in total. The van der Waals surface area contributed by atoms with Gasteiger partial charge in [0, 0.05) is 470 Å². The van der Waals surface area contributed by atoms with E-state index in [4.69, 9.17) is 0 Å². The second-order valence-corrected chi connectivity index (χ2v) is 12.6. The molecule has 0 aliphatic heterocycles. The van der Waals surface area contributed by atoms with Crippen molar-refractivity contribution in [2.75, 3.05) is 0 Å². The summed E-state index contributed by atoms with van der Waals surface area (Å²) in [5.41, 5.74) is 249. The molecule has 0 aromatic heterocycles. The highest BCUT2D eigenvalue weighted by Gasteiger charge is 1.51. The lowest BCUT2D eigenvalue weighted by Crippen LogP contribution is -1.26. The van der Waals surface area contributed by atoms with Crippen LogP contribution in [0.3, 0.4) is 0 Å². The van der Waals surface area contributed by atoms with Gasteiger partial charge < -0.3 is 0 Å². The van der Waals surface area contributed by atoms with E-state index in [1.807, 2.05) is 0 Å². The van der Waals surface area contributed by atoms with Crippen molar-refractivity contribution in [2.45, 2.75) is 0 Å². The summed E-state index contributed by atoms with van der Waals surface area (Å²) in [6.45, 7) is 6.64. The summed E-state index contributed by atoms with van der Waals surface area (Å²) in [7, 11) is 0. The van der Waals surface area contributed by atoms with Gasteiger partial charge in [-0.15, -0.1) is 0 Å². The smallest absolute Gasteiger partial charge is 0 e. The van der Waals surface area contributed by atoms with Crippen molar-refractivity contribution in [3.63, 3.8) is 0 Å². The fourth-order valence-electron chi connectivity index (χ4n) is 3.09. The molecule has 0 saturated carbocycles. The molecule has 0 spiro atoms. The fraction of sp³-hybridized carbons (Fsp3) is 0. The predicted octanol–water partition coefficient (Wildman–Crippen LogP) is 16.3. The van der Waals surface area contributed by atoms with Crippen molar-refractivity contribution in [3.05, 3.63) is 586 Å². The first kappa shape index (κ1) is 79.7. The van der Waals surface area contributed by atoms with Gasteiger partial charge in [-0.05, 0) is 105 Å². The van der Waals surface area contributed by atoms with E-state index in [0.29, 0.717) is 0 Å². The summed E-state index contributed by atoms with van der Waals surface area (Å²) in [5.74, 6) is 0. The Balaban J connectivity index is 6.18. The zero-order chi connectivity index (χ0) is 72.7. The third-order valence-electron chi connectivity index (χ3n) is 6.24. The molecule has 0 aromatic rings. The highest BCUT2D eigenvalue weighted by atomic mass is 13.5. The van der Waals surface area contributed by atoms with Gasteiger partial charge in [0.2, 0.25) is 0 Å². The second kappa shape index (κ2) is 78.7. The molecule has 0 unspecified atom stereocenters.